The van der Waals surface area contributed by atoms with Gasteiger partial charge >= 0.3 is 0 Å². The van der Waals surface area contributed by atoms with Crippen molar-refractivity contribution in [2.24, 2.45) is 0 Å². The van der Waals surface area contributed by atoms with Gasteiger partial charge in [-0.25, -0.2) is 4.98 Å². The lowest BCUT2D eigenvalue weighted by Gasteiger charge is -2.17. The number of pyridine rings is 2. The van der Waals surface area contributed by atoms with Gasteiger partial charge in [0, 0.05) is 17.6 Å². The van der Waals surface area contributed by atoms with E-state index in [1.165, 1.54) is 10.8 Å². The fourth-order valence-electron chi connectivity index (χ4n) is 2.68. The normalized spacial score (nSPS) is 11.0. The largest absolute Gasteiger partial charge is 0.506 e. The Morgan fingerprint density at radius 3 is 2.54 bits per heavy atom. The molecule has 0 fully saturated rings. The molecule has 0 unspecified atom stereocenters. The Bertz CT molecular complexity index is 962. The van der Waals surface area contributed by atoms with Gasteiger partial charge in [-0.15, -0.1) is 0 Å². The molecule has 2 aromatic heterocycles. The van der Waals surface area contributed by atoms with E-state index in [1.807, 2.05) is 13.8 Å². The summed E-state index contributed by atoms with van der Waals surface area (Å²) in [6.07, 6.45) is 1.53. The molecular weight excluding hydrogens is 306 g/mol. The molecule has 24 heavy (non-hydrogen) atoms. The van der Waals surface area contributed by atoms with E-state index in [0.29, 0.717) is 16.7 Å². The van der Waals surface area contributed by atoms with Gasteiger partial charge in [-0.1, -0.05) is 18.2 Å². The molecule has 0 saturated carbocycles. The molecule has 0 bridgehead atoms. The fraction of sp³-hybridized carbons (Fsp3) is 0.167. The van der Waals surface area contributed by atoms with E-state index >= 15 is 0 Å². The number of hydrogen-bond acceptors (Lipinski definition) is 4. The van der Waals surface area contributed by atoms with Gasteiger partial charge in [0.25, 0.3) is 11.5 Å². The van der Waals surface area contributed by atoms with Crippen LogP contribution in [0.5, 0.6) is 5.75 Å². The highest BCUT2D eigenvalue weighted by molar-refractivity contribution is 6.08. The van der Waals surface area contributed by atoms with Crippen LogP contribution in [0.1, 0.15) is 30.2 Å². The number of nitrogens with one attached hydrogen (secondary N) is 1. The molecular formula is C18H17N3O3. The van der Waals surface area contributed by atoms with Crippen molar-refractivity contribution in [3.8, 4) is 5.75 Å². The highest BCUT2D eigenvalue weighted by Gasteiger charge is 2.23. The molecule has 0 saturated heterocycles. The monoisotopic (exact) mass is 323 g/mol. The zero-order valence-corrected chi connectivity index (χ0v) is 13.4. The van der Waals surface area contributed by atoms with Crippen LogP contribution >= 0.6 is 0 Å². The average Bonchev–Trinajstić information content (AvgIpc) is 2.55. The smallest absolute Gasteiger partial charge is 0.267 e. The van der Waals surface area contributed by atoms with Gasteiger partial charge in [0.1, 0.15) is 17.1 Å². The molecule has 0 radical (unpaired) electrons. The molecule has 122 valence electrons. The van der Waals surface area contributed by atoms with E-state index in [4.69, 9.17) is 0 Å². The van der Waals surface area contributed by atoms with Crippen LogP contribution in [-0.4, -0.2) is 20.6 Å². The van der Waals surface area contributed by atoms with E-state index in [2.05, 4.69) is 10.3 Å². The molecule has 6 nitrogen and oxygen atoms in total. The minimum atomic E-state index is -0.684. The number of carbonyl (C=O) groups is 1. The predicted octanol–water partition coefficient (Wildman–Crippen LogP) is 2.94. The van der Waals surface area contributed by atoms with Crippen LogP contribution in [0.25, 0.3) is 10.9 Å². The van der Waals surface area contributed by atoms with Gasteiger partial charge in [-0.3, -0.25) is 9.59 Å². The Labute approximate surface area is 138 Å². The quantitative estimate of drug-likeness (QED) is 0.776. The lowest BCUT2D eigenvalue weighted by Crippen LogP contribution is -2.30. The summed E-state index contributed by atoms with van der Waals surface area (Å²) < 4.78 is 1.50. The molecule has 0 atom stereocenters. The first kappa shape index (κ1) is 15.7. The summed E-state index contributed by atoms with van der Waals surface area (Å²) in [7, 11) is 0. The van der Waals surface area contributed by atoms with Crippen LogP contribution in [0, 0.1) is 0 Å². The van der Waals surface area contributed by atoms with Crippen molar-refractivity contribution in [1.29, 1.82) is 0 Å². The summed E-state index contributed by atoms with van der Waals surface area (Å²) in [5.41, 5.74) is -0.230. The van der Waals surface area contributed by atoms with E-state index in [1.54, 1.807) is 42.5 Å². The van der Waals surface area contributed by atoms with E-state index in [0.717, 1.165) is 0 Å². The zero-order chi connectivity index (χ0) is 17.3. The number of carbonyl (C=O) groups excluding carboxylic acids is 1. The summed E-state index contributed by atoms with van der Waals surface area (Å²) in [4.78, 5) is 29.3. The molecule has 3 aromatic rings. The summed E-state index contributed by atoms with van der Waals surface area (Å²) >= 11 is 0. The first-order valence-electron chi connectivity index (χ1n) is 7.59. The lowest BCUT2D eigenvalue weighted by molar-refractivity contribution is 0.102. The van der Waals surface area contributed by atoms with Gasteiger partial charge < -0.3 is 15.0 Å². The van der Waals surface area contributed by atoms with Crippen molar-refractivity contribution >= 4 is 22.6 Å². The number of rotatable bonds is 3. The Kier molecular flexibility index (Phi) is 4.04. The van der Waals surface area contributed by atoms with Crippen LogP contribution < -0.4 is 10.9 Å². The molecule has 1 amide bonds. The second kappa shape index (κ2) is 6.16. The number of nitrogens with zero attached hydrogens (tertiary/aromatic N) is 2. The van der Waals surface area contributed by atoms with Crippen molar-refractivity contribution in [3.63, 3.8) is 0 Å². The topological polar surface area (TPSA) is 84.2 Å². The SMILES string of the molecule is CC(C)n1c(=O)c(C(=O)Nc2ccccn2)c(O)c2ccccc21. The second-order valence-electron chi connectivity index (χ2n) is 5.68. The second-order valence-corrected chi connectivity index (χ2v) is 5.68. The first-order valence-corrected chi connectivity index (χ1v) is 7.59. The van der Waals surface area contributed by atoms with Gasteiger partial charge in [-0.05, 0) is 38.1 Å². The number of benzene rings is 1. The fourth-order valence-corrected chi connectivity index (χ4v) is 2.68. The average molecular weight is 323 g/mol. The number of anilines is 1. The number of fused-ring (bicyclic) bond motifs is 1. The molecule has 0 aliphatic rings. The first-order chi connectivity index (χ1) is 11.5. The third-order valence-electron chi connectivity index (χ3n) is 3.74. The van der Waals surface area contributed by atoms with Gasteiger partial charge in [-0.2, -0.15) is 0 Å². The third kappa shape index (κ3) is 2.62. The standard InChI is InChI=1S/C18H17N3O3/c1-11(2)21-13-8-4-3-7-12(13)16(22)15(18(21)24)17(23)20-14-9-5-6-10-19-14/h3-11,22H,1-2H3,(H,19,20,23). The van der Waals surface area contributed by atoms with E-state index in [-0.39, 0.29) is 17.4 Å². The lowest BCUT2D eigenvalue weighted by atomic mass is 10.1. The van der Waals surface area contributed by atoms with Gasteiger partial charge in [0.15, 0.2) is 0 Å². The number of hydrogen-bond donors (Lipinski definition) is 2. The molecule has 6 heteroatoms. The highest BCUT2D eigenvalue weighted by atomic mass is 16.3. The Hall–Kier alpha value is -3.15. The molecule has 3 rings (SSSR count). The Morgan fingerprint density at radius 2 is 1.88 bits per heavy atom. The minimum Gasteiger partial charge on any atom is -0.506 e. The summed E-state index contributed by atoms with van der Waals surface area (Å²) in [6, 6.07) is 11.8. The summed E-state index contributed by atoms with van der Waals surface area (Å²) in [6.45, 7) is 3.71. The number of aromatic hydroxyl groups is 1. The number of para-hydroxylation sites is 1. The van der Waals surface area contributed by atoms with Crippen molar-refractivity contribution in [2.45, 2.75) is 19.9 Å². The maximum absolute atomic E-state index is 12.8. The summed E-state index contributed by atoms with van der Waals surface area (Å²) in [5.74, 6) is -0.692. The van der Waals surface area contributed by atoms with Crippen LogP contribution in [0.4, 0.5) is 5.82 Å². The zero-order valence-electron chi connectivity index (χ0n) is 13.4. The Balaban J connectivity index is 2.21. The summed E-state index contributed by atoms with van der Waals surface area (Å²) in [5, 5.41) is 13.5. The maximum atomic E-state index is 12.8. The number of aromatic nitrogens is 2. The van der Waals surface area contributed by atoms with E-state index < -0.39 is 11.5 Å². The van der Waals surface area contributed by atoms with Crippen molar-refractivity contribution < 1.29 is 9.90 Å². The third-order valence-corrected chi connectivity index (χ3v) is 3.74. The molecule has 2 heterocycles. The van der Waals surface area contributed by atoms with Crippen LogP contribution in [0.15, 0.2) is 53.5 Å². The van der Waals surface area contributed by atoms with Crippen molar-refractivity contribution in [3.05, 3.63) is 64.6 Å². The van der Waals surface area contributed by atoms with Crippen molar-refractivity contribution in [1.82, 2.24) is 9.55 Å². The van der Waals surface area contributed by atoms with Crippen LogP contribution in [0.3, 0.4) is 0 Å². The van der Waals surface area contributed by atoms with Crippen LogP contribution in [-0.2, 0) is 0 Å². The number of amides is 1. The minimum absolute atomic E-state index is 0.163. The molecule has 0 spiro atoms. The molecule has 0 aliphatic carbocycles. The van der Waals surface area contributed by atoms with Crippen LogP contribution in [0.2, 0.25) is 0 Å². The van der Waals surface area contributed by atoms with E-state index in [9.17, 15) is 14.7 Å². The molecule has 2 N–H and O–H groups in total. The van der Waals surface area contributed by atoms with Gasteiger partial charge in [0.05, 0.1) is 5.52 Å². The predicted molar refractivity (Wildman–Crippen MR) is 92.4 cm³/mol. The maximum Gasteiger partial charge on any atom is 0.267 e. The molecule has 0 aliphatic heterocycles. The Morgan fingerprint density at radius 1 is 1.17 bits per heavy atom. The molecule has 1 aromatic carbocycles. The highest BCUT2D eigenvalue weighted by Crippen LogP contribution is 2.28. The van der Waals surface area contributed by atoms with Crippen molar-refractivity contribution in [2.75, 3.05) is 5.32 Å². The van der Waals surface area contributed by atoms with Gasteiger partial charge in [0.2, 0.25) is 0 Å².